The Morgan fingerprint density at radius 3 is 2.10 bits per heavy atom. The molecule has 0 aromatic rings. The molecule has 10 heavy (non-hydrogen) atoms. The molecule has 0 saturated heterocycles. The average molecular weight is 143 g/mol. The second-order valence-electron chi connectivity index (χ2n) is 3.38. The minimum Gasteiger partial charge on any atom is -0.233 e. The van der Waals surface area contributed by atoms with Crippen LogP contribution in [0.4, 0.5) is 0 Å². The first kappa shape index (κ1) is 9.96. The first-order chi connectivity index (χ1) is 4.66. The van der Waals surface area contributed by atoms with Gasteiger partial charge in [-0.1, -0.05) is 27.2 Å². The van der Waals surface area contributed by atoms with E-state index in [1.54, 1.807) is 0 Å². The molecule has 1 radical (unpaired) electrons. The van der Waals surface area contributed by atoms with Gasteiger partial charge in [-0.15, -0.1) is 0 Å². The predicted molar refractivity (Wildman–Crippen MR) is 43.5 cm³/mol. The summed E-state index contributed by atoms with van der Waals surface area (Å²) in [7, 11) is 0. The van der Waals surface area contributed by atoms with Crippen LogP contribution in [0.3, 0.4) is 0 Å². The third kappa shape index (κ3) is 6.09. The van der Waals surface area contributed by atoms with Crippen molar-refractivity contribution in [2.24, 2.45) is 5.92 Å². The molecule has 0 heterocycles. The molecule has 0 saturated carbocycles. The van der Waals surface area contributed by atoms with Crippen molar-refractivity contribution in [1.82, 2.24) is 0 Å². The zero-order valence-electron chi connectivity index (χ0n) is 7.39. The van der Waals surface area contributed by atoms with Crippen LogP contribution < -0.4 is 0 Å². The van der Waals surface area contributed by atoms with Crippen molar-refractivity contribution in [2.45, 2.75) is 52.6 Å². The summed E-state index contributed by atoms with van der Waals surface area (Å²) in [6.07, 6.45) is 3.55. The van der Waals surface area contributed by atoms with Crippen molar-refractivity contribution in [3.05, 3.63) is 0 Å². The molecule has 0 fully saturated rings. The van der Waals surface area contributed by atoms with Gasteiger partial charge in [0, 0.05) is 0 Å². The van der Waals surface area contributed by atoms with Crippen LogP contribution in [0.15, 0.2) is 0 Å². The lowest BCUT2D eigenvalue weighted by Crippen LogP contribution is -2.04. The van der Waals surface area contributed by atoms with E-state index < -0.39 is 0 Å². The zero-order valence-corrected chi connectivity index (χ0v) is 7.39. The third-order valence-electron chi connectivity index (χ3n) is 1.68. The molecule has 0 N–H and O–H groups in total. The number of rotatable bonds is 5. The minimum absolute atomic E-state index is 0.299. The van der Waals surface area contributed by atoms with Gasteiger partial charge >= 0.3 is 0 Å². The lowest BCUT2D eigenvalue weighted by molar-refractivity contribution is 0.0683. The molecule has 1 atom stereocenters. The lowest BCUT2D eigenvalue weighted by atomic mass is 10.0. The highest BCUT2D eigenvalue weighted by molar-refractivity contribution is 4.55. The molecule has 61 valence electrons. The van der Waals surface area contributed by atoms with Crippen molar-refractivity contribution in [3.63, 3.8) is 0 Å². The Hall–Kier alpha value is -0.0400. The molecule has 0 amide bonds. The van der Waals surface area contributed by atoms with Gasteiger partial charge in [-0.05, 0) is 25.2 Å². The van der Waals surface area contributed by atoms with Gasteiger partial charge in [-0.3, -0.25) is 0 Å². The summed E-state index contributed by atoms with van der Waals surface area (Å²) >= 11 is 0. The summed E-state index contributed by atoms with van der Waals surface area (Å²) in [5.41, 5.74) is 0. The van der Waals surface area contributed by atoms with Crippen LogP contribution in [0.1, 0.15) is 46.5 Å². The second kappa shape index (κ2) is 5.72. The Morgan fingerprint density at radius 2 is 1.70 bits per heavy atom. The number of hydrogen-bond donors (Lipinski definition) is 0. The monoisotopic (exact) mass is 143 g/mol. The van der Waals surface area contributed by atoms with E-state index in [-0.39, 0.29) is 6.10 Å². The van der Waals surface area contributed by atoms with Crippen molar-refractivity contribution in [3.8, 4) is 0 Å². The summed E-state index contributed by atoms with van der Waals surface area (Å²) in [4.78, 5) is 0. The van der Waals surface area contributed by atoms with Gasteiger partial charge in [-0.25, -0.2) is 5.11 Å². The largest absolute Gasteiger partial charge is 0.233 e. The first-order valence-corrected chi connectivity index (χ1v) is 4.32. The van der Waals surface area contributed by atoms with Gasteiger partial charge in [0.15, 0.2) is 0 Å². The minimum atomic E-state index is -0.299. The van der Waals surface area contributed by atoms with Crippen LogP contribution in [0.5, 0.6) is 0 Å². The molecule has 1 nitrogen and oxygen atoms in total. The van der Waals surface area contributed by atoms with E-state index in [2.05, 4.69) is 20.8 Å². The van der Waals surface area contributed by atoms with E-state index >= 15 is 0 Å². The van der Waals surface area contributed by atoms with Crippen molar-refractivity contribution < 1.29 is 5.11 Å². The molecule has 0 bridgehead atoms. The Kier molecular flexibility index (Phi) is 5.70. The van der Waals surface area contributed by atoms with Gasteiger partial charge in [-0.2, -0.15) is 0 Å². The SMILES string of the molecule is CCCC([O])CCC(C)C. The first-order valence-electron chi connectivity index (χ1n) is 4.32. The van der Waals surface area contributed by atoms with Crippen LogP contribution >= 0.6 is 0 Å². The maximum absolute atomic E-state index is 11.0. The van der Waals surface area contributed by atoms with E-state index in [1.165, 1.54) is 0 Å². The highest BCUT2D eigenvalue weighted by Crippen LogP contribution is 2.10. The van der Waals surface area contributed by atoms with Gasteiger partial charge < -0.3 is 0 Å². The Balaban J connectivity index is 3.12. The summed E-state index contributed by atoms with van der Waals surface area (Å²) < 4.78 is 0. The maximum Gasteiger partial charge on any atom is 0.0930 e. The van der Waals surface area contributed by atoms with E-state index in [4.69, 9.17) is 0 Å². The number of hydrogen-bond acceptors (Lipinski definition) is 0. The summed E-state index contributed by atoms with van der Waals surface area (Å²) in [5.74, 6) is 0.688. The van der Waals surface area contributed by atoms with E-state index in [0.717, 1.165) is 25.7 Å². The fraction of sp³-hybridized carbons (Fsp3) is 1.00. The Bertz CT molecular complexity index is 69.1. The molecular formula is C9H19O. The molecule has 0 aliphatic carbocycles. The van der Waals surface area contributed by atoms with E-state index in [9.17, 15) is 5.11 Å². The molecular weight excluding hydrogens is 124 g/mol. The molecule has 1 unspecified atom stereocenters. The fourth-order valence-corrected chi connectivity index (χ4v) is 0.986. The molecule has 1 heteroatoms. The predicted octanol–water partition coefficient (Wildman–Crippen LogP) is 3.02. The molecule has 0 aromatic carbocycles. The molecule has 0 aliphatic rings. The molecule has 0 aromatic heterocycles. The molecule has 0 aliphatic heterocycles. The highest BCUT2D eigenvalue weighted by Gasteiger charge is 2.04. The molecule has 0 spiro atoms. The second-order valence-corrected chi connectivity index (χ2v) is 3.38. The standard InChI is InChI=1S/C9H19O/c1-4-5-9(10)7-6-8(2)3/h8-9H,4-7H2,1-3H3. The highest BCUT2D eigenvalue weighted by atomic mass is 16.3. The van der Waals surface area contributed by atoms with E-state index in [0.29, 0.717) is 5.92 Å². The fourth-order valence-electron chi connectivity index (χ4n) is 0.986. The normalized spacial score (nSPS) is 14.1. The average Bonchev–Trinajstić information content (AvgIpc) is 1.85. The van der Waals surface area contributed by atoms with Gasteiger partial charge in [0.25, 0.3) is 0 Å². The van der Waals surface area contributed by atoms with Crippen molar-refractivity contribution in [2.75, 3.05) is 0 Å². The summed E-state index contributed by atoms with van der Waals surface area (Å²) in [6.45, 7) is 6.40. The van der Waals surface area contributed by atoms with Crippen molar-refractivity contribution in [1.29, 1.82) is 0 Å². The third-order valence-corrected chi connectivity index (χ3v) is 1.68. The van der Waals surface area contributed by atoms with Gasteiger partial charge in [0.1, 0.15) is 0 Å². The Labute approximate surface area is 64.5 Å². The van der Waals surface area contributed by atoms with Crippen LogP contribution in [0.25, 0.3) is 0 Å². The van der Waals surface area contributed by atoms with Gasteiger partial charge in [0.2, 0.25) is 0 Å². The maximum atomic E-state index is 11.0. The van der Waals surface area contributed by atoms with Gasteiger partial charge in [0.05, 0.1) is 6.10 Å². The van der Waals surface area contributed by atoms with Crippen LogP contribution in [-0.2, 0) is 5.11 Å². The zero-order chi connectivity index (χ0) is 7.98. The Morgan fingerprint density at radius 1 is 1.10 bits per heavy atom. The smallest absolute Gasteiger partial charge is 0.0930 e. The molecule has 0 rings (SSSR count). The van der Waals surface area contributed by atoms with E-state index in [1.807, 2.05) is 0 Å². The van der Waals surface area contributed by atoms with Crippen LogP contribution in [0, 0.1) is 5.92 Å². The van der Waals surface area contributed by atoms with Crippen LogP contribution in [-0.4, -0.2) is 6.10 Å². The topological polar surface area (TPSA) is 19.9 Å². The van der Waals surface area contributed by atoms with Crippen molar-refractivity contribution >= 4 is 0 Å². The van der Waals surface area contributed by atoms with Crippen LogP contribution in [0.2, 0.25) is 0 Å². The quantitative estimate of drug-likeness (QED) is 0.563. The summed E-state index contributed by atoms with van der Waals surface area (Å²) in [5, 5.41) is 11.0. The lowest BCUT2D eigenvalue weighted by Gasteiger charge is -2.07. The summed E-state index contributed by atoms with van der Waals surface area (Å²) in [6, 6.07) is 0.